The zero-order chi connectivity index (χ0) is 2.71. The molecule has 0 atom stereocenters. The second-order valence-electron chi connectivity index (χ2n) is 0.0913. The van der Waals surface area contributed by atoms with Crippen LogP contribution in [0.4, 0.5) is 0 Å². The molecule has 1 N–H and O–H groups in total. The Labute approximate surface area is 64.7 Å². The first-order valence-electron chi connectivity index (χ1n) is 0.428. The maximum atomic E-state index is 8.24. The fourth-order valence-corrected chi connectivity index (χ4v) is 0. The summed E-state index contributed by atoms with van der Waals surface area (Å²) in [6.07, 6.45) is 0. The summed E-state index contributed by atoms with van der Waals surface area (Å²) >= 11 is 0. The number of hydrogen-bond acceptors (Lipinski definition) is 1. The quantitative estimate of drug-likeness (QED) is 0.537. The first-order valence-corrected chi connectivity index (χ1v) is 0.428. The molecule has 0 aliphatic carbocycles. The van der Waals surface area contributed by atoms with Crippen LogP contribution in [0.15, 0.2) is 0 Å². The molecule has 0 fully saturated rings. The average Bonchev–Trinajstić information content (AvgIpc) is 0.918. The Morgan fingerprint density at radius 3 is 1.75 bits per heavy atom. The first kappa shape index (κ1) is 8.91. The third-order valence-electron chi connectivity index (χ3n) is 0. The van der Waals surface area contributed by atoms with Crippen LogP contribution in [0.2, 0.25) is 0 Å². The molecule has 3 heteroatoms. The van der Waals surface area contributed by atoms with Crippen LogP contribution < -0.4 is 0 Å². The fourth-order valence-electron chi connectivity index (χ4n) is 0. The van der Waals surface area contributed by atoms with Crippen molar-refractivity contribution in [2.24, 2.45) is 0 Å². The average molecular weight is 197 g/mol. The predicted octanol–water partition coefficient (Wildman–Crippen LogP) is -0.388. The molecule has 0 amide bonds. The second-order valence-corrected chi connectivity index (χ2v) is 0.0913. The van der Waals surface area contributed by atoms with Crippen LogP contribution in [0.5, 0.6) is 0 Å². The van der Waals surface area contributed by atoms with E-state index in [4.69, 9.17) is 9.90 Å². The van der Waals surface area contributed by atoms with Crippen LogP contribution in [-0.4, -0.2) is 11.6 Å². The van der Waals surface area contributed by atoms with E-state index in [0.29, 0.717) is 6.47 Å². The van der Waals surface area contributed by atoms with E-state index in [9.17, 15) is 0 Å². The van der Waals surface area contributed by atoms with Gasteiger partial charge in [0.15, 0.2) is 0 Å². The molecule has 0 unspecified atom stereocenters. The van der Waals surface area contributed by atoms with Gasteiger partial charge < -0.3 is 9.90 Å². The number of hydrogen-bond donors (Lipinski definition) is 1. The van der Waals surface area contributed by atoms with Crippen molar-refractivity contribution in [3.8, 4) is 0 Å². The Hall–Kier alpha value is 1.05. The summed E-state index contributed by atoms with van der Waals surface area (Å²) in [7, 11) is 0. The van der Waals surface area contributed by atoms with Gasteiger partial charge in [0.25, 0.3) is 0 Å². The molecule has 0 saturated carbocycles. The molecule has 0 aliphatic heterocycles. The predicted molar refractivity (Wildman–Crippen MR) is 8.32 cm³/mol. The van der Waals surface area contributed by atoms with Gasteiger partial charge in [0, 0.05) is 49.4 Å². The second kappa shape index (κ2) is 8.96. The van der Waals surface area contributed by atoms with Crippen molar-refractivity contribution in [1.29, 1.82) is 0 Å². The standard InChI is InChI=1S/CHO2.Eu/c2-1-3;/h(H,2,3);/q-1;. The summed E-state index contributed by atoms with van der Waals surface area (Å²) in [5.74, 6) is 0. The summed E-state index contributed by atoms with van der Waals surface area (Å²) in [4.78, 5) is 8.24. The van der Waals surface area contributed by atoms with E-state index in [-0.39, 0.29) is 49.4 Å². The third kappa shape index (κ3) is 11.6. The summed E-state index contributed by atoms with van der Waals surface area (Å²) in [6, 6.07) is 0. The van der Waals surface area contributed by atoms with Crippen molar-refractivity contribution in [1.82, 2.24) is 0 Å². The van der Waals surface area contributed by atoms with E-state index in [1.54, 1.807) is 0 Å². The first-order chi connectivity index (χ1) is 1.41. The molecule has 0 aliphatic rings. The minimum Gasteiger partial charge on any atom is -0.665 e. The smallest absolute Gasteiger partial charge is 0 e. The molecular formula is CHEuO2-. The summed E-state index contributed by atoms with van der Waals surface area (Å²) in [5.41, 5.74) is 0. The van der Waals surface area contributed by atoms with Crippen molar-refractivity contribution in [3.63, 3.8) is 0 Å². The maximum Gasteiger partial charge on any atom is 0 e. The van der Waals surface area contributed by atoms with Crippen molar-refractivity contribution < 1.29 is 59.3 Å². The van der Waals surface area contributed by atoms with Crippen molar-refractivity contribution in [2.75, 3.05) is 0 Å². The molecular weight excluding hydrogens is 196 g/mol. The van der Waals surface area contributed by atoms with Gasteiger partial charge in [0.05, 0.1) is 0 Å². The summed E-state index contributed by atoms with van der Waals surface area (Å²) in [5, 5.41) is 6.76. The monoisotopic (exact) mass is 198 g/mol. The number of aliphatic hydroxyl groups excluding tert-OH is 1. The van der Waals surface area contributed by atoms with E-state index in [2.05, 4.69) is 0 Å². The molecule has 0 bridgehead atoms. The molecule has 0 aromatic carbocycles. The molecule has 0 aromatic heterocycles. The zero-order valence-corrected chi connectivity index (χ0v) is 4.16. The molecule has 0 spiro atoms. The van der Waals surface area contributed by atoms with Gasteiger partial charge in [0.2, 0.25) is 0 Å². The van der Waals surface area contributed by atoms with Gasteiger partial charge in [-0.15, -0.1) is 0 Å². The molecule has 0 saturated heterocycles. The normalized spacial score (nSPS) is 3.00. The van der Waals surface area contributed by atoms with Gasteiger partial charge >= 0.3 is 0 Å². The Bertz CT molecular complexity index is 13.5. The van der Waals surface area contributed by atoms with Gasteiger partial charge in [-0.05, 0) is 0 Å². The molecule has 0 heterocycles. The summed E-state index contributed by atoms with van der Waals surface area (Å²) in [6.45, 7) is 0.500. The van der Waals surface area contributed by atoms with Crippen LogP contribution in [0, 0.1) is 49.4 Å². The van der Waals surface area contributed by atoms with E-state index >= 15 is 0 Å². The zero-order valence-electron chi connectivity index (χ0n) is 1.73. The van der Waals surface area contributed by atoms with Crippen molar-refractivity contribution in [3.05, 3.63) is 0 Å². The maximum absolute atomic E-state index is 8.24. The van der Waals surface area contributed by atoms with E-state index in [1.807, 2.05) is 0 Å². The molecule has 4 heavy (non-hydrogen) atoms. The van der Waals surface area contributed by atoms with Crippen LogP contribution in [0.1, 0.15) is 0 Å². The van der Waals surface area contributed by atoms with Gasteiger partial charge in [-0.1, -0.05) is 6.47 Å². The van der Waals surface area contributed by atoms with Crippen molar-refractivity contribution in [2.45, 2.75) is 0 Å². The van der Waals surface area contributed by atoms with E-state index in [0.717, 1.165) is 0 Å². The van der Waals surface area contributed by atoms with Gasteiger partial charge in [-0.25, -0.2) is 0 Å². The van der Waals surface area contributed by atoms with Crippen LogP contribution >= 0.6 is 0 Å². The Morgan fingerprint density at radius 1 is 1.75 bits per heavy atom. The molecule has 0 aromatic rings. The molecule has 25 valence electrons. The largest absolute Gasteiger partial charge is 0.665 e. The fraction of sp³-hybridized carbons (Fsp3) is 0. The third-order valence-corrected chi connectivity index (χ3v) is 0. The summed E-state index contributed by atoms with van der Waals surface area (Å²) < 4.78 is 0. The van der Waals surface area contributed by atoms with E-state index in [1.165, 1.54) is 0 Å². The Balaban J connectivity index is 0. The van der Waals surface area contributed by atoms with E-state index < -0.39 is 0 Å². The SMILES string of the molecule is O=[C-]O.[Eu]. The van der Waals surface area contributed by atoms with Crippen molar-refractivity contribution >= 4 is 6.47 Å². The molecule has 0 rings (SSSR count). The Morgan fingerprint density at radius 2 is 1.75 bits per heavy atom. The minimum atomic E-state index is 0. The topological polar surface area (TPSA) is 37.3 Å². The van der Waals surface area contributed by atoms with Crippen LogP contribution in [0.3, 0.4) is 0 Å². The number of rotatable bonds is 0. The molecule has 2 nitrogen and oxygen atoms in total. The van der Waals surface area contributed by atoms with Crippen LogP contribution in [0.25, 0.3) is 0 Å². The molecule has 1 radical (unpaired) electrons. The van der Waals surface area contributed by atoms with Gasteiger partial charge in [-0.3, -0.25) is 0 Å². The minimum absolute atomic E-state index is 0. The van der Waals surface area contributed by atoms with Gasteiger partial charge in [0.1, 0.15) is 0 Å². The van der Waals surface area contributed by atoms with Gasteiger partial charge in [-0.2, -0.15) is 0 Å². The Kier molecular flexibility index (Phi) is 20.0. The van der Waals surface area contributed by atoms with Crippen LogP contribution in [-0.2, 0) is 4.79 Å².